The maximum absolute atomic E-state index is 12.3. The van der Waals surface area contributed by atoms with Crippen molar-refractivity contribution in [3.63, 3.8) is 0 Å². The molecule has 0 radical (unpaired) electrons. The lowest BCUT2D eigenvalue weighted by Crippen LogP contribution is -2.31. The van der Waals surface area contributed by atoms with Crippen LogP contribution in [0.2, 0.25) is 0 Å². The Hall–Kier alpha value is -0.960. The number of rotatable bonds is 3. The normalized spacial score (nSPS) is 14.2. The molecular formula is C13H19F2N. The van der Waals surface area contributed by atoms with Gasteiger partial charge < -0.3 is 5.73 Å². The Morgan fingerprint density at radius 3 is 2.38 bits per heavy atom. The summed E-state index contributed by atoms with van der Waals surface area (Å²) >= 11 is 0. The third kappa shape index (κ3) is 3.56. The van der Waals surface area contributed by atoms with Crippen molar-refractivity contribution in [2.75, 3.05) is 0 Å². The molecule has 0 saturated heterocycles. The van der Waals surface area contributed by atoms with Crippen LogP contribution in [0.5, 0.6) is 0 Å². The quantitative estimate of drug-likeness (QED) is 0.843. The molecule has 1 unspecified atom stereocenters. The van der Waals surface area contributed by atoms with Crippen LogP contribution in [-0.2, 0) is 11.8 Å². The molecule has 0 spiro atoms. The molecule has 3 heteroatoms. The fourth-order valence-electron chi connectivity index (χ4n) is 1.53. The Morgan fingerprint density at radius 2 is 1.88 bits per heavy atom. The molecule has 0 aromatic heterocycles. The minimum absolute atomic E-state index is 0.0327. The van der Waals surface area contributed by atoms with Crippen LogP contribution in [0.4, 0.5) is 8.78 Å². The van der Waals surface area contributed by atoms with Crippen molar-refractivity contribution < 1.29 is 8.78 Å². The summed E-state index contributed by atoms with van der Waals surface area (Å²) in [5.74, 6) is 0. The molecule has 16 heavy (non-hydrogen) atoms. The SMILES string of the molecule is CC(C)(C)c1cccc(CC(N)C(F)F)c1. The second-order valence-electron chi connectivity index (χ2n) is 5.15. The molecule has 90 valence electrons. The van der Waals surface area contributed by atoms with Crippen molar-refractivity contribution in [2.24, 2.45) is 5.73 Å². The van der Waals surface area contributed by atoms with E-state index in [-0.39, 0.29) is 11.8 Å². The highest BCUT2D eigenvalue weighted by Gasteiger charge is 2.17. The van der Waals surface area contributed by atoms with Crippen LogP contribution in [0.1, 0.15) is 31.9 Å². The predicted molar refractivity (Wildman–Crippen MR) is 62.8 cm³/mol. The van der Waals surface area contributed by atoms with Gasteiger partial charge >= 0.3 is 0 Å². The molecule has 0 aliphatic carbocycles. The van der Waals surface area contributed by atoms with Crippen LogP contribution in [0.15, 0.2) is 24.3 Å². The number of hydrogen-bond acceptors (Lipinski definition) is 1. The lowest BCUT2D eigenvalue weighted by atomic mass is 9.85. The van der Waals surface area contributed by atoms with Crippen molar-refractivity contribution in [1.29, 1.82) is 0 Å². The molecule has 0 bridgehead atoms. The van der Waals surface area contributed by atoms with Crippen LogP contribution in [0.3, 0.4) is 0 Å². The summed E-state index contributed by atoms with van der Waals surface area (Å²) in [5, 5.41) is 0. The summed E-state index contributed by atoms with van der Waals surface area (Å²) in [5.41, 5.74) is 7.41. The van der Waals surface area contributed by atoms with Crippen LogP contribution in [-0.4, -0.2) is 12.5 Å². The molecule has 1 aromatic rings. The Labute approximate surface area is 95.7 Å². The smallest absolute Gasteiger partial charge is 0.253 e. The highest BCUT2D eigenvalue weighted by molar-refractivity contribution is 5.29. The molecule has 2 N–H and O–H groups in total. The average molecular weight is 227 g/mol. The Bertz CT molecular complexity index is 342. The summed E-state index contributed by atoms with van der Waals surface area (Å²) in [7, 11) is 0. The van der Waals surface area contributed by atoms with Gasteiger partial charge in [-0.25, -0.2) is 8.78 Å². The molecule has 0 fully saturated rings. The fourth-order valence-corrected chi connectivity index (χ4v) is 1.53. The number of halogens is 2. The van der Waals surface area contributed by atoms with Crippen molar-refractivity contribution in [1.82, 2.24) is 0 Å². The number of hydrogen-bond donors (Lipinski definition) is 1. The van der Waals surface area contributed by atoms with Crippen molar-refractivity contribution in [3.8, 4) is 0 Å². The number of nitrogens with two attached hydrogens (primary N) is 1. The lowest BCUT2D eigenvalue weighted by molar-refractivity contribution is 0.116. The van der Waals surface area contributed by atoms with Gasteiger partial charge in [0.05, 0.1) is 6.04 Å². The third-order valence-corrected chi connectivity index (χ3v) is 2.59. The zero-order chi connectivity index (χ0) is 12.3. The van der Waals surface area contributed by atoms with Gasteiger partial charge in [0.1, 0.15) is 0 Å². The maximum atomic E-state index is 12.3. The van der Waals surface area contributed by atoms with Gasteiger partial charge in [-0.15, -0.1) is 0 Å². The number of alkyl halides is 2. The molecular weight excluding hydrogens is 208 g/mol. The van der Waals surface area contributed by atoms with Crippen molar-refractivity contribution in [3.05, 3.63) is 35.4 Å². The lowest BCUT2D eigenvalue weighted by Gasteiger charge is -2.20. The molecule has 1 atom stereocenters. The summed E-state index contributed by atoms with van der Waals surface area (Å²) in [6.07, 6.45) is -2.24. The van der Waals surface area contributed by atoms with Gasteiger partial charge in [0.25, 0.3) is 6.43 Å². The van der Waals surface area contributed by atoms with Crippen LogP contribution in [0.25, 0.3) is 0 Å². The molecule has 1 rings (SSSR count). The van der Waals surface area contributed by atoms with E-state index < -0.39 is 12.5 Å². The van der Waals surface area contributed by atoms with Gasteiger partial charge in [0, 0.05) is 0 Å². The minimum atomic E-state index is -2.46. The standard InChI is InChI=1S/C13H19F2N/c1-13(2,3)10-6-4-5-9(7-10)8-11(16)12(14)15/h4-7,11-12H,8,16H2,1-3H3. The average Bonchev–Trinajstić information content (AvgIpc) is 2.16. The Kier molecular flexibility index (Phi) is 4.03. The van der Waals surface area contributed by atoms with Gasteiger partial charge in [-0.1, -0.05) is 45.0 Å². The van der Waals surface area contributed by atoms with Gasteiger partial charge in [0.2, 0.25) is 0 Å². The molecule has 0 aliphatic rings. The van der Waals surface area contributed by atoms with E-state index in [1.807, 2.05) is 24.3 Å². The summed E-state index contributed by atoms with van der Waals surface area (Å²) in [4.78, 5) is 0. The predicted octanol–water partition coefficient (Wildman–Crippen LogP) is 3.12. The monoisotopic (exact) mass is 227 g/mol. The van der Waals surface area contributed by atoms with Crippen LogP contribution in [0, 0.1) is 0 Å². The highest BCUT2D eigenvalue weighted by Crippen LogP contribution is 2.23. The van der Waals surface area contributed by atoms with Crippen molar-refractivity contribution >= 4 is 0 Å². The zero-order valence-corrected chi connectivity index (χ0v) is 10.0. The molecule has 0 aliphatic heterocycles. The third-order valence-electron chi connectivity index (χ3n) is 2.59. The largest absolute Gasteiger partial charge is 0.323 e. The topological polar surface area (TPSA) is 26.0 Å². The van der Waals surface area contributed by atoms with E-state index in [4.69, 9.17) is 5.73 Å². The van der Waals surface area contributed by atoms with E-state index in [0.717, 1.165) is 11.1 Å². The first-order chi connectivity index (χ1) is 7.30. The zero-order valence-electron chi connectivity index (χ0n) is 10.0. The summed E-state index contributed by atoms with van der Waals surface area (Å²) < 4.78 is 24.6. The van der Waals surface area contributed by atoms with E-state index in [2.05, 4.69) is 20.8 Å². The van der Waals surface area contributed by atoms with Gasteiger partial charge in [-0.2, -0.15) is 0 Å². The first kappa shape index (κ1) is 13.1. The van der Waals surface area contributed by atoms with Gasteiger partial charge in [-0.3, -0.25) is 0 Å². The first-order valence-electron chi connectivity index (χ1n) is 5.44. The molecule has 0 heterocycles. The summed E-state index contributed by atoms with van der Waals surface area (Å²) in [6, 6.07) is 6.64. The minimum Gasteiger partial charge on any atom is -0.323 e. The van der Waals surface area contributed by atoms with Crippen molar-refractivity contribution in [2.45, 2.75) is 45.1 Å². The number of benzene rings is 1. The maximum Gasteiger partial charge on any atom is 0.253 e. The first-order valence-corrected chi connectivity index (χ1v) is 5.44. The van der Waals surface area contributed by atoms with Gasteiger partial charge in [-0.05, 0) is 23.0 Å². The van der Waals surface area contributed by atoms with Gasteiger partial charge in [0.15, 0.2) is 0 Å². The molecule has 0 saturated carbocycles. The second kappa shape index (κ2) is 4.91. The fraction of sp³-hybridized carbons (Fsp3) is 0.538. The molecule has 0 amide bonds. The van der Waals surface area contributed by atoms with E-state index in [9.17, 15) is 8.78 Å². The van der Waals surface area contributed by atoms with Crippen LogP contribution < -0.4 is 5.73 Å². The highest BCUT2D eigenvalue weighted by atomic mass is 19.3. The molecule has 1 nitrogen and oxygen atoms in total. The van der Waals surface area contributed by atoms with E-state index in [1.54, 1.807) is 0 Å². The van der Waals surface area contributed by atoms with E-state index in [1.165, 1.54) is 0 Å². The Balaban J connectivity index is 2.83. The molecule has 1 aromatic carbocycles. The van der Waals surface area contributed by atoms with E-state index in [0.29, 0.717) is 0 Å². The van der Waals surface area contributed by atoms with Crippen LogP contribution >= 0.6 is 0 Å². The summed E-state index contributed by atoms with van der Waals surface area (Å²) in [6.45, 7) is 6.29. The van der Waals surface area contributed by atoms with E-state index >= 15 is 0 Å². The Morgan fingerprint density at radius 1 is 1.25 bits per heavy atom. The second-order valence-corrected chi connectivity index (χ2v) is 5.15.